The number of aliphatic hydroxyl groups is 1. The highest BCUT2D eigenvalue weighted by molar-refractivity contribution is 7.91. The number of benzene rings is 1. The third-order valence-corrected chi connectivity index (χ3v) is 4.08. The molecule has 0 aliphatic carbocycles. The average Bonchev–Trinajstić information content (AvgIpc) is 2.48. The van der Waals surface area contributed by atoms with E-state index >= 15 is 0 Å². The second-order valence-corrected chi connectivity index (χ2v) is 5.81. The average molecular weight is 308 g/mol. The zero-order valence-electron chi connectivity index (χ0n) is 11.1. The van der Waals surface area contributed by atoms with E-state index in [9.17, 15) is 8.42 Å². The SMILES string of the molecule is COc1ccc(S(=O)(=O)CCO)cc1NN=C(C#N)C#N. The molecular formula is C12H12N4O4S. The van der Waals surface area contributed by atoms with Crippen LogP contribution in [0.5, 0.6) is 5.75 Å². The van der Waals surface area contributed by atoms with Crippen LogP contribution in [0.1, 0.15) is 0 Å². The number of nitrogens with one attached hydrogen (secondary N) is 1. The number of aliphatic hydroxyl groups excluding tert-OH is 1. The summed E-state index contributed by atoms with van der Waals surface area (Å²) in [4.78, 5) is -0.0366. The summed E-state index contributed by atoms with van der Waals surface area (Å²) in [6.07, 6.45) is 0. The predicted octanol–water partition coefficient (Wildman–Crippen LogP) is 0.276. The lowest BCUT2D eigenvalue weighted by molar-refractivity contribution is 0.319. The molecule has 0 aliphatic heterocycles. The Kier molecular flexibility index (Phi) is 5.67. The molecule has 0 aromatic heterocycles. The third-order valence-electron chi connectivity index (χ3n) is 2.39. The van der Waals surface area contributed by atoms with Crippen molar-refractivity contribution in [3.63, 3.8) is 0 Å². The molecule has 21 heavy (non-hydrogen) atoms. The van der Waals surface area contributed by atoms with Crippen molar-refractivity contribution < 1.29 is 18.3 Å². The molecule has 0 heterocycles. The first-order chi connectivity index (χ1) is 9.98. The van der Waals surface area contributed by atoms with Crippen molar-refractivity contribution in [2.24, 2.45) is 5.10 Å². The van der Waals surface area contributed by atoms with E-state index in [1.54, 1.807) is 12.1 Å². The number of rotatable bonds is 6. The number of hydrogen-bond donors (Lipinski definition) is 2. The summed E-state index contributed by atoms with van der Waals surface area (Å²) in [5.41, 5.74) is 2.18. The van der Waals surface area contributed by atoms with E-state index in [1.165, 1.54) is 25.3 Å². The van der Waals surface area contributed by atoms with Crippen molar-refractivity contribution in [1.82, 2.24) is 0 Å². The monoisotopic (exact) mass is 308 g/mol. The molecule has 1 aromatic rings. The minimum atomic E-state index is -3.63. The van der Waals surface area contributed by atoms with Crippen LogP contribution in [-0.2, 0) is 9.84 Å². The van der Waals surface area contributed by atoms with Crippen molar-refractivity contribution in [3.05, 3.63) is 18.2 Å². The molecule has 9 heteroatoms. The summed E-state index contributed by atoms with van der Waals surface area (Å²) in [6, 6.07) is 7.10. The van der Waals surface area contributed by atoms with E-state index in [0.29, 0.717) is 0 Å². The lowest BCUT2D eigenvalue weighted by Gasteiger charge is -2.10. The van der Waals surface area contributed by atoms with Gasteiger partial charge in [-0.05, 0) is 18.2 Å². The van der Waals surface area contributed by atoms with E-state index in [-0.39, 0.29) is 16.3 Å². The molecule has 0 saturated heterocycles. The predicted molar refractivity (Wildman–Crippen MR) is 74.4 cm³/mol. The first-order valence-corrected chi connectivity index (χ1v) is 7.29. The van der Waals surface area contributed by atoms with Crippen molar-refractivity contribution in [2.45, 2.75) is 4.90 Å². The van der Waals surface area contributed by atoms with Gasteiger partial charge in [-0.1, -0.05) is 0 Å². The molecule has 8 nitrogen and oxygen atoms in total. The Morgan fingerprint density at radius 1 is 1.43 bits per heavy atom. The van der Waals surface area contributed by atoms with Crippen LogP contribution in [0.4, 0.5) is 5.69 Å². The molecule has 0 amide bonds. The number of nitriles is 2. The van der Waals surface area contributed by atoms with Crippen LogP contribution in [0, 0.1) is 22.7 Å². The normalized spacial score (nSPS) is 10.1. The van der Waals surface area contributed by atoms with Gasteiger partial charge in [-0.3, -0.25) is 5.43 Å². The number of ether oxygens (including phenoxy) is 1. The number of hydrogen-bond acceptors (Lipinski definition) is 8. The Bertz CT molecular complexity index is 713. The van der Waals surface area contributed by atoms with E-state index in [2.05, 4.69) is 10.5 Å². The van der Waals surface area contributed by atoms with Crippen molar-refractivity contribution >= 4 is 21.2 Å². The minimum absolute atomic E-state index is 0.0366. The smallest absolute Gasteiger partial charge is 0.237 e. The highest BCUT2D eigenvalue weighted by Gasteiger charge is 2.16. The zero-order valence-corrected chi connectivity index (χ0v) is 11.9. The van der Waals surface area contributed by atoms with Gasteiger partial charge in [-0.15, -0.1) is 0 Å². The van der Waals surface area contributed by atoms with Gasteiger partial charge in [0.05, 0.1) is 30.1 Å². The summed E-state index contributed by atoms with van der Waals surface area (Å²) >= 11 is 0. The van der Waals surface area contributed by atoms with Crippen molar-refractivity contribution in [2.75, 3.05) is 24.9 Å². The van der Waals surface area contributed by atoms with Crippen LogP contribution >= 0.6 is 0 Å². The van der Waals surface area contributed by atoms with Gasteiger partial charge in [-0.2, -0.15) is 15.6 Å². The maximum Gasteiger partial charge on any atom is 0.237 e. The quantitative estimate of drug-likeness (QED) is 0.569. The summed E-state index contributed by atoms with van der Waals surface area (Å²) in [6.45, 7) is -0.498. The van der Waals surface area contributed by atoms with Gasteiger partial charge >= 0.3 is 0 Å². The lowest BCUT2D eigenvalue weighted by Crippen LogP contribution is -2.10. The molecule has 0 radical (unpaired) electrons. The summed E-state index contributed by atoms with van der Waals surface area (Å²) in [5, 5.41) is 29.5. The molecule has 110 valence electrons. The minimum Gasteiger partial charge on any atom is -0.495 e. The van der Waals surface area contributed by atoms with Gasteiger partial charge in [0.2, 0.25) is 5.71 Å². The molecule has 2 N–H and O–H groups in total. The Hall–Kier alpha value is -2.62. The van der Waals surface area contributed by atoms with Crippen LogP contribution in [0.2, 0.25) is 0 Å². The van der Waals surface area contributed by atoms with Gasteiger partial charge < -0.3 is 9.84 Å². The fourth-order valence-corrected chi connectivity index (χ4v) is 2.45. The summed E-state index contributed by atoms with van der Waals surface area (Å²) in [5.74, 6) is -0.124. The fraction of sp³-hybridized carbons (Fsp3) is 0.250. The zero-order chi connectivity index (χ0) is 15.9. The van der Waals surface area contributed by atoms with Crippen LogP contribution in [0.3, 0.4) is 0 Å². The molecule has 1 aromatic carbocycles. The Labute approximate surface area is 121 Å². The largest absolute Gasteiger partial charge is 0.495 e. The maximum absolute atomic E-state index is 11.9. The Morgan fingerprint density at radius 3 is 2.62 bits per heavy atom. The van der Waals surface area contributed by atoms with Crippen molar-refractivity contribution in [1.29, 1.82) is 10.5 Å². The molecule has 0 fully saturated rings. The van der Waals surface area contributed by atoms with E-state index in [1.807, 2.05) is 0 Å². The first-order valence-electron chi connectivity index (χ1n) is 5.64. The molecule has 0 unspecified atom stereocenters. The van der Waals surface area contributed by atoms with Gasteiger partial charge in [-0.25, -0.2) is 8.42 Å². The molecule has 0 spiro atoms. The second kappa shape index (κ2) is 7.24. The first kappa shape index (κ1) is 16.4. The van der Waals surface area contributed by atoms with Crippen LogP contribution in [-0.4, -0.2) is 38.7 Å². The maximum atomic E-state index is 11.9. The number of sulfone groups is 1. The molecule has 0 atom stereocenters. The Morgan fingerprint density at radius 2 is 2.10 bits per heavy atom. The topological polar surface area (TPSA) is 136 Å². The highest BCUT2D eigenvalue weighted by Crippen LogP contribution is 2.28. The Balaban J connectivity index is 3.23. The molecular weight excluding hydrogens is 296 g/mol. The fourth-order valence-electron chi connectivity index (χ4n) is 1.40. The standard InChI is InChI=1S/C12H12N4O4S/c1-20-12-3-2-10(21(18,19)5-4-17)6-11(12)16-15-9(7-13)8-14/h2-3,6,16-17H,4-5H2,1H3. The van der Waals surface area contributed by atoms with Gasteiger partial charge in [0.1, 0.15) is 17.9 Å². The third kappa shape index (κ3) is 4.18. The van der Waals surface area contributed by atoms with Crippen LogP contribution < -0.4 is 10.2 Å². The number of methoxy groups -OCH3 is 1. The summed E-state index contributed by atoms with van der Waals surface area (Å²) < 4.78 is 28.8. The van der Waals surface area contributed by atoms with Gasteiger partial charge in [0.25, 0.3) is 0 Å². The van der Waals surface area contributed by atoms with Crippen LogP contribution in [0.15, 0.2) is 28.2 Å². The second-order valence-electron chi connectivity index (χ2n) is 3.70. The number of nitrogens with zero attached hydrogens (tertiary/aromatic N) is 3. The van der Waals surface area contributed by atoms with Gasteiger partial charge in [0.15, 0.2) is 9.84 Å². The molecule has 0 saturated carbocycles. The molecule has 1 rings (SSSR count). The van der Waals surface area contributed by atoms with E-state index in [0.717, 1.165) is 0 Å². The van der Waals surface area contributed by atoms with E-state index < -0.39 is 27.9 Å². The summed E-state index contributed by atoms with van der Waals surface area (Å²) in [7, 11) is -2.25. The van der Waals surface area contributed by atoms with Crippen LogP contribution in [0.25, 0.3) is 0 Å². The highest BCUT2D eigenvalue weighted by atomic mass is 32.2. The van der Waals surface area contributed by atoms with Crippen molar-refractivity contribution in [3.8, 4) is 17.9 Å². The lowest BCUT2D eigenvalue weighted by atomic mass is 10.3. The molecule has 0 bridgehead atoms. The van der Waals surface area contributed by atoms with Gasteiger partial charge in [0, 0.05) is 0 Å². The van der Waals surface area contributed by atoms with E-state index in [4.69, 9.17) is 20.4 Å². The number of anilines is 1. The molecule has 0 aliphatic rings. The number of hydrazone groups is 1.